The van der Waals surface area contributed by atoms with Gasteiger partial charge in [-0.05, 0) is 10.9 Å². The average Bonchev–Trinajstić information content (AvgIpc) is 2.49. The molecule has 3 rings (SSSR count). The maximum Gasteiger partial charge on any atom is 0.0731 e. The standard InChI is InChI=1S/C16H15N3/c17-19-16(12-6-2-1-3-7-12)15-11-18-10-13-8-4-5-9-14(13)15/h1-11,16,19H,17H2. The molecule has 0 fully saturated rings. The van der Waals surface area contributed by atoms with Crippen LogP contribution in [-0.4, -0.2) is 4.98 Å². The molecule has 0 bridgehead atoms. The van der Waals surface area contributed by atoms with Gasteiger partial charge in [0, 0.05) is 23.3 Å². The first-order valence-corrected chi connectivity index (χ1v) is 6.24. The monoisotopic (exact) mass is 249 g/mol. The molecule has 1 unspecified atom stereocenters. The number of pyridine rings is 1. The van der Waals surface area contributed by atoms with Gasteiger partial charge in [0.2, 0.25) is 0 Å². The normalized spacial score (nSPS) is 12.5. The minimum atomic E-state index is -0.0557. The van der Waals surface area contributed by atoms with E-state index in [0.29, 0.717) is 0 Å². The van der Waals surface area contributed by atoms with E-state index in [-0.39, 0.29) is 6.04 Å². The number of benzene rings is 2. The average molecular weight is 249 g/mol. The summed E-state index contributed by atoms with van der Waals surface area (Å²) in [6.45, 7) is 0. The molecule has 3 heteroatoms. The van der Waals surface area contributed by atoms with Crippen LogP contribution in [0.2, 0.25) is 0 Å². The second-order valence-corrected chi connectivity index (χ2v) is 4.46. The molecule has 0 saturated heterocycles. The van der Waals surface area contributed by atoms with Crippen LogP contribution in [0.1, 0.15) is 17.2 Å². The third-order valence-electron chi connectivity index (χ3n) is 3.31. The van der Waals surface area contributed by atoms with Crippen LogP contribution in [0, 0.1) is 0 Å². The Morgan fingerprint density at radius 3 is 2.42 bits per heavy atom. The van der Waals surface area contributed by atoms with Crippen molar-refractivity contribution in [3.8, 4) is 0 Å². The van der Waals surface area contributed by atoms with Gasteiger partial charge in [0.1, 0.15) is 0 Å². The van der Waals surface area contributed by atoms with Crippen LogP contribution in [0.3, 0.4) is 0 Å². The number of hydrogen-bond donors (Lipinski definition) is 2. The summed E-state index contributed by atoms with van der Waals surface area (Å²) >= 11 is 0. The zero-order chi connectivity index (χ0) is 13.1. The lowest BCUT2D eigenvalue weighted by molar-refractivity contribution is 0.639. The highest BCUT2D eigenvalue weighted by Gasteiger charge is 2.14. The summed E-state index contributed by atoms with van der Waals surface area (Å²) in [5.74, 6) is 5.75. The topological polar surface area (TPSA) is 50.9 Å². The van der Waals surface area contributed by atoms with Gasteiger partial charge in [-0.15, -0.1) is 0 Å². The molecule has 1 aromatic heterocycles. The Hall–Kier alpha value is -2.23. The summed E-state index contributed by atoms with van der Waals surface area (Å²) in [6, 6.07) is 18.3. The van der Waals surface area contributed by atoms with Crippen LogP contribution >= 0.6 is 0 Å². The second-order valence-electron chi connectivity index (χ2n) is 4.46. The zero-order valence-corrected chi connectivity index (χ0v) is 10.5. The molecule has 0 aliphatic heterocycles. The summed E-state index contributed by atoms with van der Waals surface area (Å²) in [4.78, 5) is 4.31. The van der Waals surface area contributed by atoms with E-state index in [0.717, 1.165) is 16.5 Å². The molecule has 0 aliphatic carbocycles. The fourth-order valence-electron chi connectivity index (χ4n) is 2.38. The van der Waals surface area contributed by atoms with Gasteiger partial charge in [0.05, 0.1) is 6.04 Å². The molecule has 19 heavy (non-hydrogen) atoms. The Morgan fingerprint density at radius 2 is 1.63 bits per heavy atom. The molecular formula is C16H15N3. The highest BCUT2D eigenvalue weighted by Crippen LogP contribution is 2.27. The molecule has 0 saturated carbocycles. The fraction of sp³-hybridized carbons (Fsp3) is 0.0625. The van der Waals surface area contributed by atoms with Crippen molar-refractivity contribution in [2.75, 3.05) is 0 Å². The van der Waals surface area contributed by atoms with Crippen molar-refractivity contribution in [2.45, 2.75) is 6.04 Å². The van der Waals surface area contributed by atoms with Crippen molar-refractivity contribution >= 4 is 10.8 Å². The van der Waals surface area contributed by atoms with E-state index < -0.39 is 0 Å². The van der Waals surface area contributed by atoms with E-state index in [2.05, 4.69) is 34.7 Å². The van der Waals surface area contributed by atoms with Gasteiger partial charge < -0.3 is 0 Å². The van der Waals surface area contributed by atoms with Crippen LogP contribution in [-0.2, 0) is 0 Å². The summed E-state index contributed by atoms with van der Waals surface area (Å²) in [6.07, 6.45) is 3.75. The zero-order valence-electron chi connectivity index (χ0n) is 10.5. The SMILES string of the molecule is NNC(c1ccccc1)c1cncc2ccccc12. The highest BCUT2D eigenvalue weighted by atomic mass is 15.2. The maximum absolute atomic E-state index is 5.75. The number of fused-ring (bicyclic) bond motifs is 1. The largest absolute Gasteiger partial charge is 0.271 e. The lowest BCUT2D eigenvalue weighted by Crippen LogP contribution is -2.29. The van der Waals surface area contributed by atoms with Gasteiger partial charge in [-0.2, -0.15) is 0 Å². The van der Waals surface area contributed by atoms with E-state index in [4.69, 9.17) is 5.84 Å². The fourth-order valence-corrected chi connectivity index (χ4v) is 2.38. The lowest BCUT2D eigenvalue weighted by Gasteiger charge is -2.18. The Morgan fingerprint density at radius 1 is 0.895 bits per heavy atom. The first-order chi connectivity index (χ1) is 9.40. The lowest BCUT2D eigenvalue weighted by atomic mass is 9.96. The number of hydrazine groups is 1. The quantitative estimate of drug-likeness (QED) is 0.554. The van der Waals surface area contributed by atoms with Gasteiger partial charge >= 0.3 is 0 Å². The molecule has 0 spiro atoms. The number of rotatable bonds is 3. The third-order valence-corrected chi connectivity index (χ3v) is 3.31. The van der Waals surface area contributed by atoms with E-state index in [1.54, 1.807) is 0 Å². The summed E-state index contributed by atoms with van der Waals surface area (Å²) in [5.41, 5.74) is 5.10. The van der Waals surface area contributed by atoms with Crippen molar-refractivity contribution in [1.82, 2.24) is 10.4 Å². The minimum absolute atomic E-state index is 0.0557. The highest BCUT2D eigenvalue weighted by molar-refractivity contribution is 5.85. The van der Waals surface area contributed by atoms with E-state index in [9.17, 15) is 0 Å². The molecule has 3 nitrogen and oxygen atoms in total. The van der Waals surface area contributed by atoms with Crippen LogP contribution < -0.4 is 11.3 Å². The molecule has 1 heterocycles. The molecular weight excluding hydrogens is 234 g/mol. The summed E-state index contributed by atoms with van der Waals surface area (Å²) in [7, 11) is 0. The number of aromatic nitrogens is 1. The van der Waals surface area contributed by atoms with Crippen LogP contribution in [0.25, 0.3) is 10.8 Å². The van der Waals surface area contributed by atoms with Crippen molar-refractivity contribution in [2.24, 2.45) is 5.84 Å². The van der Waals surface area contributed by atoms with Gasteiger partial charge in [-0.1, -0.05) is 54.6 Å². The number of hydrogen-bond acceptors (Lipinski definition) is 3. The molecule has 3 N–H and O–H groups in total. The number of nitrogens with one attached hydrogen (secondary N) is 1. The first kappa shape index (κ1) is 11.8. The van der Waals surface area contributed by atoms with Crippen LogP contribution in [0.5, 0.6) is 0 Å². The molecule has 0 aliphatic rings. The van der Waals surface area contributed by atoms with Crippen molar-refractivity contribution in [3.05, 3.63) is 78.1 Å². The number of nitrogens with zero attached hydrogens (tertiary/aromatic N) is 1. The van der Waals surface area contributed by atoms with Crippen LogP contribution in [0.15, 0.2) is 67.0 Å². The minimum Gasteiger partial charge on any atom is -0.271 e. The number of nitrogens with two attached hydrogens (primary N) is 1. The smallest absolute Gasteiger partial charge is 0.0731 e. The van der Waals surface area contributed by atoms with E-state index in [1.807, 2.05) is 42.7 Å². The maximum atomic E-state index is 5.75. The molecule has 1 atom stereocenters. The van der Waals surface area contributed by atoms with Crippen molar-refractivity contribution in [1.29, 1.82) is 0 Å². The molecule has 0 radical (unpaired) electrons. The first-order valence-electron chi connectivity index (χ1n) is 6.24. The predicted octanol–water partition coefficient (Wildman–Crippen LogP) is 2.79. The predicted molar refractivity (Wildman–Crippen MR) is 77.4 cm³/mol. The van der Waals surface area contributed by atoms with Crippen LogP contribution in [0.4, 0.5) is 0 Å². The Labute approximate surface area is 112 Å². The summed E-state index contributed by atoms with van der Waals surface area (Å²) in [5, 5.41) is 2.29. The van der Waals surface area contributed by atoms with Gasteiger partial charge in [0.25, 0.3) is 0 Å². The van der Waals surface area contributed by atoms with Gasteiger partial charge in [-0.25, -0.2) is 5.43 Å². The molecule has 3 aromatic rings. The van der Waals surface area contributed by atoms with Crippen molar-refractivity contribution < 1.29 is 0 Å². The molecule has 0 amide bonds. The Bertz CT molecular complexity index is 674. The van der Waals surface area contributed by atoms with E-state index in [1.165, 1.54) is 5.39 Å². The van der Waals surface area contributed by atoms with E-state index >= 15 is 0 Å². The molecule has 94 valence electrons. The Balaban J connectivity index is 2.17. The van der Waals surface area contributed by atoms with Gasteiger partial charge in [0.15, 0.2) is 0 Å². The van der Waals surface area contributed by atoms with Gasteiger partial charge in [-0.3, -0.25) is 10.8 Å². The second kappa shape index (κ2) is 5.18. The molecule has 2 aromatic carbocycles. The summed E-state index contributed by atoms with van der Waals surface area (Å²) < 4.78 is 0. The Kier molecular flexibility index (Phi) is 3.23. The van der Waals surface area contributed by atoms with Crippen molar-refractivity contribution in [3.63, 3.8) is 0 Å². The third kappa shape index (κ3) is 2.21.